The third-order valence-corrected chi connectivity index (χ3v) is 2.61. The van der Waals surface area contributed by atoms with Crippen molar-refractivity contribution in [2.75, 3.05) is 102 Å². The van der Waals surface area contributed by atoms with E-state index in [4.69, 9.17) is 15.3 Å². The molecule has 37 heavy (non-hydrogen) atoms. The number of hydrogen-bond acceptors (Lipinski definition) is 14. The molecule has 0 radical (unpaired) electrons. The molecular weight excluding hydrogens is 492 g/mol. The van der Waals surface area contributed by atoms with E-state index in [1.54, 1.807) is 21.2 Å². The number of esters is 2. The molecule has 0 atom stereocenters. The Kier molecular flexibility index (Phi) is 89.2. The van der Waals surface area contributed by atoms with Gasteiger partial charge in [-0.3, -0.25) is 9.59 Å². The van der Waals surface area contributed by atoms with E-state index in [1.165, 1.54) is 21.1 Å². The molecule has 0 aliphatic rings. The molecule has 0 saturated heterocycles. The van der Waals surface area contributed by atoms with E-state index in [9.17, 15) is 14.4 Å². The molecule has 228 valence electrons. The quantitative estimate of drug-likeness (QED) is 0.0800. The third kappa shape index (κ3) is 87.2. The summed E-state index contributed by atoms with van der Waals surface area (Å²) in [7, 11) is 11.3. The Bertz CT molecular complexity index is 410. The van der Waals surface area contributed by atoms with Gasteiger partial charge in [-0.05, 0) is 35.2 Å². The van der Waals surface area contributed by atoms with Gasteiger partial charge in [0.1, 0.15) is 13.2 Å². The van der Waals surface area contributed by atoms with E-state index in [1.807, 2.05) is 7.05 Å². The molecule has 0 heterocycles. The van der Waals surface area contributed by atoms with Crippen LogP contribution in [0, 0.1) is 0 Å². The summed E-state index contributed by atoms with van der Waals surface area (Å²) >= 11 is 0. The predicted molar refractivity (Wildman–Crippen MR) is 147 cm³/mol. The van der Waals surface area contributed by atoms with Crippen LogP contribution in [0.4, 0.5) is 0 Å². The highest BCUT2D eigenvalue weighted by Crippen LogP contribution is 1.82. The summed E-state index contributed by atoms with van der Waals surface area (Å²) in [4.78, 5) is 31.1. The molecule has 12 N–H and O–H groups in total. The molecule has 0 unspecified atom stereocenters. The van der Waals surface area contributed by atoms with Crippen LogP contribution in [0.25, 0.3) is 0 Å². The number of carbonyl (C=O) groups is 3. The van der Waals surface area contributed by atoms with E-state index in [0.29, 0.717) is 26.0 Å². The number of ether oxygens (including phenoxy) is 3. The predicted octanol–water partition coefficient (Wildman–Crippen LogP) is -3.47. The molecular formula is C22H56N6O9. The molecule has 1 amide bonds. The summed E-state index contributed by atoms with van der Waals surface area (Å²) in [5, 5.41) is 32.5. The molecule has 0 aromatic carbocycles. The topological polar surface area (TPSA) is 254 Å². The van der Waals surface area contributed by atoms with Crippen LogP contribution < -0.4 is 33.2 Å². The second kappa shape index (κ2) is 64.2. The van der Waals surface area contributed by atoms with Crippen LogP contribution in [-0.4, -0.2) is 135 Å². The summed E-state index contributed by atoms with van der Waals surface area (Å²) in [6, 6.07) is 0. The summed E-state index contributed by atoms with van der Waals surface area (Å²) in [5.74, 6) is -0.693. The number of hydrogen-bond donors (Lipinski definition) is 9. The van der Waals surface area contributed by atoms with Crippen LogP contribution in [0.15, 0.2) is 12.7 Å². The Labute approximate surface area is 223 Å². The maximum atomic E-state index is 10.6. The van der Waals surface area contributed by atoms with Crippen molar-refractivity contribution >= 4 is 17.8 Å². The molecule has 0 fully saturated rings. The lowest BCUT2D eigenvalue weighted by Gasteiger charge is -2.00. The van der Waals surface area contributed by atoms with Crippen LogP contribution in [0.1, 0.15) is 12.8 Å². The fourth-order valence-corrected chi connectivity index (χ4v) is 1.12. The number of nitrogens with one attached hydrogen (secondary N) is 3. The van der Waals surface area contributed by atoms with E-state index in [2.05, 4.69) is 53.9 Å². The first kappa shape index (κ1) is 51.4. The largest absolute Gasteiger partial charge is 0.463 e. The number of rotatable bonds is 13. The molecule has 0 aliphatic carbocycles. The molecule has 0 bridgehead atoms. The van der Waals surface area contributed by atoms with Crippen molar-refractivity contribution < 1.29 is 43.9 Å². The maximum absolute atomic E-state index is 10.6. The fraction of sp³-hybridized carbons (Fsp3) is 0.773. The molecule has 0 saturated carbocycles. The summed E-state index contributed by atoms with van der Waals surface area (Å²) in [6.07, 6.45) is 1.97. The van der Waals surface area contributed by atoms with E-state index in [0.717, 1.165) is 12.6 Å². The zero-order chi connectivity index (χ0) is 30.8. The number of carbonyl (C=O) groups excluding carboxylic acids is 3. The molecule has 0 aliphatic heterocycles. The van der Waals surface area contributed by atoms with Crippen molar-refractivity contribution in [2.45, 2.75) is 12.8 Å². The second-order valence-electron chi connectivity index (χ2n) is 5.14. The highest BCUT2D eigenvalue weighted by molar-refractivity contribution is 5.81. The minimum atomic E-state index is -0.501. The van der Waals surface area contributed by atoms with Gasteiger partial charge in [0.05, 0.1) is 32.8 Å². The van der Waals surface area contributed by atoms with Gasteiger partial charge in [0.25, 0.3) is 0 Å². The van der Waals surface area contributed by atoms with Crippen molar-refractivity contribution in [1.29, 1.82) is 0 Å². The zero-order valence-electron chi connectivity index (χ0n) is 23.9. The van der Waals surface area contributed by atoms with Crippen molar-refractivity contribution in [3.05, 3.63) is 12.7 Å². The number of nitrogens with two attached hydrogens (primary N) is 3. The van der Waals surface area contributed by atoms with Crippen LogP contribution in [-0.2, 0) is 28.6 Å². The summed E-state index contributed by atoms with van der Waals surface area (Å²) in [5.41, 5.74) is 13.5. The molecule has 15 heteroatoms. The minimum absolute atomic E-state index is 0.0465. The number of aliphatic hydroxyl groups excluding tert-OH is 3. The molecule has 15 nitrogen and oxygen atoms in total. The summed E-state index contributed by atoms with van der Waals surface area (Å²) in [6.45, 7) is 4.99. The Morgan fingerprint density at radius 2 is 1.16 bits per heavy atom. The first-order chi connectivity index (χ1) is 17.8. The first-order valence-electron chi connectivity index (χ1n) is 11.3. The smallest absolute Gasteiger partial charge is 0.330 e. The highest BCUT2D eigenvalue weighted by Gasteiger charge is 1.99. The maximum Gasteiger partial charge on any atom is 0.330 e. The normalized spacial score (nSPS) is 7.81. The Morgan fingerprint density at radius 1 is 0.757 bits per heavy atom. The molecule has 0 spiro atoms. The van der Waals surface area contributed by atoms with Crippen LogP contribution in [0.5, 0.6) is 0 Å². The van der Waals surface area contributed by atoms with Gasteiger partial charge >= 0.3 is 11.9 Å². The number of methoxy groups -OCH3 is 1. The SMILES string of the molecule is C=CC(=O)OCCO.CN.CN.CN.CNCCC(=O)NC.CNCCC(=O)OCCO.COCCO. The van der Waals surface area contributed by atoms with Crippen LogP contribution >= 0.6 is 0 Å². The van der Waals surface area contributed by atoms with Crippen molar-refractivity contribution in [1.82, 2.24) is 16.0 Å². The Morgan fingerprint density at radius 3 is 1.46 bits per heavy atom. The van der Waals surface area contributed by atoms with Gasteiger partial charge in [0.2, 0.25) is 5.91 Å². The monoisotopic (exact) mass is 548 g/mol. The van der Waals surface area contributed by atoms with Crippen LogP contribution in [0.3, 0.4) is 0 Å². The Balaban J connectivity index is -0.0000000616. The van der Waals surface area contributed by atoms with Gasteiger partial charge in [0, 0.05) is 39.7 Å². The number of amides is 1. The first-order valence-corrected chi connectivity index (χ1v) is 11.3. The minimum Gasteiger partial charge on any atom is -0.463 e. The van der Waals surface area contributed by atoms with Gasteiger partial charge in [-0.25, -0.2) is 4.79 Å². The average Bonchev–Trinajstić information content (AvgIpc) is 2.96. The lowest BCUT2D eigenvalue weighted by atomic mass is 10.4. The van der Waals surface area contributed by atoms with Gasteiger partial charge in [-0.2, -0.15) is 0 Å². The average molecular weight is 549 g/mol. The Hall–Kier alpha value is -2.21. The zero-order valence-corrected chi connectivity index (χ0v) is 23.9. The number of aliphatic hydroxyl groups is 3. The van der Waals surface area contributed by atoms with Crippen molar-refractivity contribution in [2.24, 2.45) is 17.2 Å². The van der Waals surface area contributed by atoms with Crippen molar-refractivity contribution in [3.8, 4) is 0 Å². The summed E-state index contributed by atoms with van der Waals surface area (Å²) < 4.78 is 13.3. The van der Waals surface area contributed by atoms with E-state index in [-0.39, 0.29) is 44.9 Å². The van der Waals surface area contributed by atoms with Gasteiger partial charge in [-0.1, -0.05) is 6.58 Å². The third-order valence-electron chi connectivity index (χ3n) is 2.61. The van der Waals surface area contributed by atoms with Gasteiger partial charge in [0.15, 0.2) is 0 Å². The van der Waals surface area contributed by atoms with Crippen LogP contribution in [0.2, 0.25) is 0 Å². The van der Waals surface area contributed by atoms with Gasteiger partial charge < -0.3 is 62.7 Å². The lowest BCUT2D eigenvalue weighted by molar-refractivity contribution is -0.144. The lowest BCUT2D eigenvalue weighted by Crippen LogP contribution is -2.22. The van der Waals surface area contributed by atoms with E-state index >= 15 is 0 Å². The molecule has 0 rings (SSSR count). The van der Waals surface area contributed by atoms with E-state index < -0.39 is 5.97 Å². The molecule has 0 aromatic rings. The second-order valence-corrected chi connectivity index (χ2v) is 5.14. The fourth-order valence-electron chi connectivity index (χ4n) is 1.12. The van der Waals surface area contributed by atoms with Crippen molar-refractivity contribution in [3.63, 3.8) is 0 Å². The standard InChI is InChI=1S/C6H13NO3.C5H12N2O.C5H8O3.C3H8O2.3CH5N/c1-7-3-2-6(9)10-5-4-8;1-6-4-3-5(8)7-2;1-2-5(7)8-4-3-6;1-5-3-2-4;3*1-2/h7-8H,2-5H2,1H3;6H,3-4H2,1-2H3,(H,7,8);2,6H,1,3-4H2;4H,2-3H2,1H3;3*2H2,1H3. The molecule has 0 aromatic heterocycles. The highest BCUT2D eigenvalue weighted by atomic mass is 16.5. The van der Waals surface area contributed by atoms with Gasteiger partial charge in [-0.15, -0.1) is 0 Å².